The molecule has 0 fully saturated rings. The Morgan fingerprint density at radius 1 is 1.12 bits per heavy atom. The summed E-state index contributed by atoms with van der Waals surface area (Å²) in [4.78, 5) is 10.3. The highest BCUT2D eigenvalue weighted by atomic mass is 16.7. The van der Waals surface area contributed by atoms with Crippen LogP contribution in [0.25, 0.3) is 0 Å². The molecule has 0 rings (SSSR count). The van der Waals surface area contributed by atoms with Crippen molar-refractivity contribution in [2.75, 3.05) is 13.2 Å². The van der Waals surface area contributed by atoms with Crippen molar-refractivity contribution >= 4 is 6.16 Å². The molecule has 0 radical (unpaired) electrons. The van der Waals surface area contributed by atoms with Crippen molar-refractivity contribution < 1.29 is 19.4 Å². The van der Waals surface area contributed by atoms with Gasteiger partial charge in [0.25, 0.3) is 0 Å². The average Bonchev–Trinajstić information content (AvgIpc) is 2.30. The first-order valence-electron chi connectivity index (χ1n) is 6.68. The maximum atomic E-state index is 10.3. The van der Waals surface area contributed by atoms with Gasteiger partial charge in [0.2, 0.25) is 0 Å². The van der Waals surface area contributed by atoms with Gasteiger partial charge in [0.1, 0.15) is 6.61 Å². The predicted octanol–water partition coefficient (Wildman–Crippen LogP) is 3.84. The lowest BCUT2D eigenvalue weighted by molar-refractivity contribution is -0.00711. The van der Waals surface area contributed by atoms with Crippen LogP contribution in [0.5, 0.6) is 0 Å². The molecule has 0 aromatic heterocycles. The highest BCUT2D eigenvalue weighted by molar-refractivity contribution is 5.56. The molecule has 1 atom stereocenters. The fourth-order valence-corrected chi connectivity index (χ4v) is 1.77. The van der Waals surface area contributed by atoms with Gasteiger partial charge in [-0.3, -0.25) is 0 Å². The molecule has 0 bridgehead atoms. The first-order chi connectivity index (χ1) is 8.20. The van der Waals surface area contributed by atoms with Gasteiger partial charge in [-0.2, -0.15) is 0 Å². The van der Waals surface area contributed by atoms with E-state index in [9.17, 15) is 4.79 Å². The van der Waals surface area contributed by atoms with Crippen molar-refractivity contribution in [1.29, 1.82) is 0 Å². The molecule has 0 saturated heterocycles. The third kappa shape index (κ3) is 11.5. The van der Waals surface area contributed by atoms with E-state index in [1.807, 2.05) is 6.92 Å². The fraction of sp³-hybridized carbons (Fsp3) is 0.923. The van der Waals surface area contributed by atoms with E-state index in [1.54, 1.807) is 0 Å². The molecular weight excluding hydrogens is 220 g/mol. The number of unbranched alkanes of at least 4 members (excludes halogenated alkanes) is 5. The maximum absolute atomic E-state index is 10.3. The molecule has 0 aliphatic heterocycles. The third-order valence-corrected chi connectivity index (χ3v) is 2.67. The van der Waals surface area contributed by atoms with Gasteiger partial charge in [0.15, 0.2) is 0 Å². The zero-order chi connectivity index (χ0) is 12.9. The molecule has 102 valence electrons. The van der Waals surface area contributed by atoms with Gasteiger partial charge in [0, 0.05) is 6.61 Å². The Morgan fingerprint density at radius 3 is 2.35 bits per heavy atom. The van der Waals surface area contributed by atoms with Crippen LogP contribution in [0.2, 0.25) is 0 Å². The number of carbonyl (C=O) groups is 1. The van der Waals surface area contributed by atoms with Gasteiger partial charge in [-0.05, 0) is 13.3 Å². The first kappa shape index (κ1) is 16.2. The summed E-state index contributed by atoms with van der Waals surface area (Å²) in [5.41, 5.74) is 0. The number of rotatable bonds is 11. The zero-order valence-electron chi connectivity index (χ0n) is 11.1. The van der Waals surface area contributed by atoms with Gasteiger partial charge in [-0.25, -0.2) is 4.79 Å². The fourth-order valence-electron chi connectivity index (χ4n) is 1.77. The molecule has 4 nitrogen and oxygen atoms in total. The molecule has 0 saturated carbocycles. The second-order valence-corrected chi connectivity index (χ2v) is 4.21. The Kier molecular flexibility index (Phi) is 11.2. The minimum absolute atomic E-state index is 0.0812. The molecule has 17 heavy (non-hydrogen) atoms. The standard InChI is InChI=1S/C13H26O4/c1-3-5-6-7-8-9-10-12(16-4-2)11-17-13(14)15/h12H,3-11H2,1-2H3,(H,14,15). The van der Waals surface area contributed by atoms with Crippen molar-refractivity contribution in [2.24, 2.45) is 0 Å². The lowest BCUT2D eigenvalue weighted by atomic mass is 10.1. The minimum atomic E-state index is -1.22. The molecule has 0 aromatic rings. The number of hydrogen-bond acceptors (Lipinski definition) is 3. The minimum Gasteiger partial charge on any atom is -0.450 e. The van der Waals surface area contributed by atoms with Crippen LogP contribution in [0.3, 0.4) is 0 Å². The van der Waals surface area contributed by atoms with Gasteiger partial charge < -0.3 is 14.6 Å². The van der Waals surface area contributed by atoms with Crippen LogP contribution in [-0.4, -0.2) is 30.6 Å². The second-order valence-electron chi connectivity index (χ2n) is 4.21. The van der Waals surface area contributed by atoms with Crippen molar-refractivity contribution in [3.05, 3.63) is 0 Å². The average molecular weight is 246 g/mol. The molecule has 0 amide bonds. The molecule has 4 heteroatoms. The van der Waals surface area contributed by atoms with E-state index in [0.29, 0.717) is 6.61 Å². The van der Waals surface area contributed by atoms with Crippen LogP contribution in [-0.2, 0) is 9.47 Å². The molecule has 0 heterocycles. The highest BCUT2D eigenvalue weighted by Crippen LogP contribution is 2.11. The molecule has 0 aromatic carbocycles. The molecule has 0 aliphatic rings. The summed E-state index contributed by atoms with van der Waals surface area (Å²) >= 11 is 0. The van der Waals surface area contributed by atoms with Gasteiger partial charge in [0.05, 0.1) is 6.10 Å². The van der Waals surface area contributed by atoms with E-state index >= 15 is 0 Å². The summed E-state index contributed by atoms with van der Waals surface area (Å²) in [5, 5.41) is 8.42. The smallest absolute Gasteiger partial charge is 0.450 e. The van der Waals surface area contributed by atoms with E-state index in [1.165, 1.54) is 32.1 Å². The van der Waals surface area contributed by atoms with Gasteiger partial charge >= 0.3 is 6.16 Å². The zero-order valence-corrected chi connectivity index (χ0v) is 11.1. The van der Waals surface area contributed by atoms with E-state index in [0.717, 1.165) is 12.8 Å². The Balaban J connectivity index is 3.51. The Morgan fingerprint density at radius 2 is 1.76 bits per heavy atom. The van der Waals surface area contributed by atoms with Crippen LogP contribution in [0.4, 0.5) is 4.79 Å². The molecule has 0 spiro atoms. The van der Waals surface area contributed by atoms with Crippen molar-refractivity contribution in [3.8, 4) is 0 Å². The van der Waals surface area contributed by atoms with Crippen molar-refractivity contribution in [3.63, 3.8) is 0 Å². The molecule has 1 N–H and O–H groups in total. The van der Waals surface area contributed by atoms with Gasteiger partial charge in [-0.15, -0.1) is 0 Å². The summed E-state index contributed by atoms with van der Waals surface area (Å²) in [6.07, 6.45) is 6.96. The number of carboxylic acid groups (broad SMARTS) is 1. The SMILES string of the molecule is CCCCCCCCC(COC(=O)O)OCC. The predicted molar refractivity (Wildman–Crippen MR) is 67.4 cm³/mol. The topological polar surface area (TPSA) is 55.8 Å². The normalized spacial score (nSPS) is 12.4. The van der Waals surface area contributed by atoms with E-state index in [-0.39, 0.29) is 12.7 Å². The van der Waals surface area contributed by atoms with Crippen molar-refractivity contribution in [2.45, 2.75) is 64.9 Å². The quantitative estimate of drug-likeness (QED) is 0.444. The Labute approximate surface area is 104 Å². The summed E-state index contributed by atoms with van der Waals surface area (Å²) < 4.78 is 9.98. The largest absolute Gasteiger partial charge is 0.505 e. The lowest BCUT2D eigenvalue weighted by Crippen LogP contribution is -2.21. The van der Waals surface area contributed by atoms with Crippen LogP contribution >= 0.6 is 0 Å². The van der Waals surface area contributed by atoms with Crippen LogP contribution < -0.4 is 0 Å². The molecule has 1 unspecified atom stereocenters. The number of hydrogen-bond donors (Lipinski definition) is 1. The van der Waals surface area contributed by atoms with Crippen molar-refractivity contribution in [1.82, 2.24) is 0 Å². The molecule has 0 aliphatic carbocycles. The number of ether oxygens (including phenoxy) is 2. The first-order valence-corrected chi connectivity index (χ1v) is 6.68. The van der Waals surface area contributed by atoms with Crippen LogP contribution in [0.15, 0.2) is 0 Å². The van der Waals surface area contributed by atoms with Gasteiger partial charge in [-0.1, -0.05) is 45.4 Å². The summed E-state index contributed by atoms with van der Waals surface area (Å²) in [6.45, 7) is 4.87. The summed E-state index contributed by atoms with van der Waals surface area (Å²) in [6, 6.07) is 0. The van der Waals surface area contributed by atoms with Crippen LogP contribution in [0, 0.1) is 0 Å². The van der Waals surface area contributed by atoms with Crippen LogP contribution in [0.1, 0.15) is 58.8 Å². The van der Waals surface area contributed by atoms with E-state index in [2.05, 4.69) is 11.7 Å². The second kappa shape index (κ2) is 11.7. The Bertz CT molecular complexity index is 182. The highest BCUT2D eigenvalue weighted by Gasteiger charge is 2.10. The monoisotopic (exact) mass is 246 g/mol. The lowest BCUT2D eigenvalue weighted by Gasteiger charge is -2.15. The summed E-state index contributed by atoms with van der Waals surface area (Å²) in [7, 11) is 0. The summed E-state index contributed by atoms with van der Waals surface area (Å²) in [5.74, 6) is 0. The molecular formula is C13H26O4. The third-order valence-electron chi connectivity index (χ3n) is 2.67. The maximum Gasteiger partial charge on any atom is 0.505 e. The van der Waals surface area contributed by atoms with E-state index < -0.39 is 6.16 Å². The Hall–Kier alpha value is -0.770. The van der Waals surface area contributed by atoms with E-state index in [4.69, 9.17) is 9.84 Å².